The predicted octanol–water partition coefficient (Wildman–Crippen LogP) is 1.64. The predicted molar refractivity (Wildman–Crippen MR) is 75.2 cm³/mol. The van der Waals surface area contributed by atoms with Crippen molar-refractivity contribution < 1.29 is 9.32 Å². The van der Waals surface area contributed by atoms with Crippen LogP contribution in [0.4, 0.5) is 5.82 Å². The molecule has 0 saturated heterocycles. The van der Waals surface area contributed by atoms with Crippen LogP contribution in [0.25, 0.3) is 0 Å². The molecule has 8 nitrogen and oxygen atoms in total. The van der Waals surface area contributed by atoms with Gasteiger partial charge in [0.05, 0.1) is 11.3 Å². The van der Waals surface area contributed by atoms with Crippen LogP contribution in [0.3, 0.4) is 0 Å². The zero-order valence-electron chi connectivity index (χ0n) is 11.4. The number of aryl methyl sites for hydroxylation is 1. The maximum atomic E-state index is 12.0. The highest BCUT2D eigenvalue weighted by Crippen LogP contribution is 2.14. The molecule has 3 rings (SSSR count). The van der Waals surface area contributed by atoms with Crippen molar-refractivity contribution in [1.29, 1.82) is 0 Å². The van der Waals surface area contributed by atoms with Gasteiger partial charge in [-0.2, -0.15) is 16.3 Å². The van der Waals surface area contributed by atoms with Crippen molar-refractivity contribution >= 4 is 23.1 Å². The zero-order valence-corrected chi connectivity index (χ0v) is 12.2. The first-order valence-corrected chi connectivity index (χ1v) is 7.10. The Kier molecular flexibility index (Phi) is 3.48. The van der Waals surface area contributed by atoms with Gasteiger partial charge in [0.15, 0.2) is 11.6 Å². The van der Waals surface area contributed by atoms with Crippen LogP contribution >= 0.6 is 11.3 Å². The van der Waals surface area contributed by atoms with E-state index >= 15 is 0 Å². The van der Waals surface area contributed by atoms with Crippen LogP contribution in [0.1, 0.15) is 27.8 Å². The van der Waals surface area contributed by atoms with Gasteiger partial charge >= 0.3 is 0 Å². The summed E-state index contributed by atoms with van der Waals surface area (Å²) in [6.45, 7) is 3.87. The van der Waals surface area contributed by atoms with Gasteiger partial charge in [-0.15, -0.1) is 5.10 Å². The fraction of sp³-hybridized carbons (Fsp3) is 0.250. The van der Waals surface area contributed by atoms with Crippen LogP contribution in [-0.4, -0.2) is 31.0 Å². The highest BCUT2D eigenvalue weighted by Gasteiger charge is 2.14. The van der Waals surface area contributed by atoms with E-state index in [1.54, 1.807) is 23.1 Å². The molecule has 0 aliphatic rings. The second kappa shape index (κ2) is 5.44. The van der Waals surface area contributed by atoms with Gasteiger partial charge in [-0.25, -0.2) is 4.68 Å². The number of carbonyl (C=O) groups excluding carboxylic acids is 1. The molecule has 0 aliphatic heterocycles. The topological polar surface area (TPSA) is 98.7 Å². The lowest BCUT2D eigenvalue weighted by Gasteiger charge is -2.02. The molecule has 0 fully saturated rings. The van der Waals surface area contributed by atoms with E-state index in [0.717, 1.165) is 5.69 Å². The summed E-state index contributed by atoms with van der Waals surface area (Å²) < 4.78 is 6.51. The monoisotopic (exact) mass is 304 g/mol. The van der Waals surface area contributed by atoms with Crippen LogP contribution in [0.5, 0.6) is 0 Å². The van der Waals surface area contributed by atoms with Gasteiger partial charge in [0.1, 0.15) is 6.54 Å². The molecular formula is C12H12N6O2S. The van der Waals surface area contributed by atoms with Crippen molar-refractivity contribution in [3.05, 3.63) is 39.8 Å². The fourth-order valence-corrected chi connectivity index (χ4v) is 2.37. The van der Waals surface area contributed by atoms with Gasteiger partial charge in [0.25, 0.3) is 5.91 Å². The summed E-state index contributed by atoms with van der Waals surface area (Å²) in [5.74, 6) is 1.22. The van der Waals surface area contributed by atoms with Gasteiger partial charge < -0.3 is 9.84 Å². The average molecular weight is 304 g/mol. The SMILES string of the molecule is Cc1nc(Cn2nnc(NC(=O)c3ccsc3)c2C)no1. The molecule has 1 N–H and O–H groups in total. The molecule has 3 aromatic rings. The van der Waals surface area contributed by atoms with Gasteiger partial charge in [-0.05, 0) is 18.4 Å². The van der Waals surface area contributed by atoms with E-state index in [1.807, 2.05) is 12.3 Å². The minimum Gasteiger partial charge on any atom is -0.340 e. The molecule has 3 heterocycles. The Bertz CT molecular complexity index is 761. The molecule has 0 aromatic carbocycles. The number of nitrogens with one attached hydrogen (secondary N) is 1. The van der Waals surface area contributed by atoms with Crippen LogP contribution in [-0.2, 0) is 6.54 Å². The molecular weight excluding hydrogens is 292 g/mol. The Hall–Kier alpha value is -2.55. The number of nitrogens with zero attached hydrogens (tertiary/aromatic N) is 5. The van der Waals surface area contributed by atoms with Crippen LogP contribution in [0.15, 0.2) is 21.3 Å². The smallest absolute Gasteiger partial charge is 0.257 e. The van der Waals surface area contributed by atoms with E-state index in [4.69, 9.17) is 4.52 Å². The first kappa shape index (κ1) is 13.4. The summed E-state index contributed by atoms with van der Waals surface area (Å²) in [7, 11) is 0. The summed E-state index contributed by atoms with van der Waals surface area (Å²) in [5, 5.41) is 18.1. The van der Waals surface area contributed by atoms with Gasteiger partial charge in [-0.3, -0.25) is 4.79 Å². The van der Waals surface area contributed by atoms with Gasteiger partial charge in [0, 0.05) is 12.3 Å². The minimum atomic E-state index is -0.207. The molecule has 1 amide bonds. The summed E-state index contributed by atoms with van der Waals surface area (Å²) in [6.07, 6.45) is 0. The second-order valence-electron chi connectivity index (χ2n) is 4.38. The van der Waals surface area contributed by atoms with Crippen molar-refractivity contribution in [2.45, 2.75) is 20.4 Å². The lowest BCUT2D eigenvalue weighted by atomic mass is 10.3. The second-order valence-corrected chi connectivity index (χ2v) is 5.16. The van der Waals surface area contributed by atoms with Crippen molar-refractivity contribution in [3.8, 4) is 0 Å². The van der Waals surface area contributed by atoms with Crippen molar-refractivity contribution in [3.63, 3.8) is 0 Å². The van der Waals surface area contributed by atoms with Crippen LogP contribution in [0, 0.1) is 13.8 Å². The Morgan fingerprint density at radius 3 is 3.00 bits per heavy atom. The van der Waals surface area contributed by atoms with E-state index in [-0.39, 0.29) is 5.91 Å². The first-order valence-electron chi connectivity index (χ1n) is 6.16. The maximum Gasteiger partial charge on any atom is 0.257 e. The molecule has 0 atom stereocenters. The van der Waals surface area contributed by atoms with Crippen LogP contribution < -0.4 is 5.32 Å². The number of aromatic nitrogens is 5. The van der Waals surface area contributed by atoms with E-state index in [0.29, 0.717) is 29.6 Å². The molecule has 21 heavy (non-hydrogen) atoms. The normalized spacial score (nSPS) is 10.8. The highest BCUT2D eigenvalue weighted by molar-refractivity contribution is 7.08. The standard InChI is InChI=1S/C12H12N6O2S/c1-7-11(14-12(19)9-3-4-21-6-9)15-17-18(7)5-10-13-8(2)20-16-10/h3-4,6H,5H2,1-2H3,(H,14,19). The van der Waals surface area contributed by atoms with Crippen molar-refractivity contribution in [2.75, 3.05) is 5.32 Å². The molecule has 3 aromatic heterocycles. The zero-order chi connectivity index (χ0) is 14.8. The number of anilines is 1. The Balaban J connectivity index is 1.75. The molecule has 108 valence electrons. The molecule has 0 unspecified atom stereocenters. The Labute approximate surface area is 123 Å². The molecule has 0 spiro atoms. The number of thiophene rings is 1. The maximum absolute atomic E-state index is 12.0. The van der Waals surface area contributed by atoms with Crippen LogP contribution in [0.2, 0.25) is 0 Å². The molecule has 0 saturated carbocycles. The van der Waals surface area contributed by atoms with Crippen molar-refractivity contribution in [2.24, 2.45) is 0 Å². The van der Waals surface area contributed by atoms with Gasteiger partial charge in [-0.1, -0.05) is 10.4 Å². The third kappa shape index (κ3) is 2.82. The summed E-state index contributed by atoms with van der Waals surface area (Å²) in [5.41, 5.74) is 1.32. The number of carbonyl (C=O) groups is 1. The minimum absolute atomic E-state index is 0.207. The Morgan fingerprint density at radius 2 is 2.33 bits per heavy atom. The largest absolute Gasteiger partial charge is 0.340 e. The van der Waals surface area contributed by atoms with E-state index < -0.39 is 0 Å². The lowest BCUT2D eigenvalue weighted by Crippen LogP contribution is -2.12. The number of rotatable bonds is 4. The number of hydrogen-bond acceptors (Lipinski definition) is 7. The first-order chi connectivity index (χ1) is 10.1. The summed E-state index contributed by atoms with van der Waals surface area (Å²) in [6, 6.07) is 1.75. The van der Waals surface area contributed by atoms with Crippen molar-refractivity contribution in [1.82, 2.24) is 25.1 Å². The number of amides is 1. The lowest BCUT2D eigenvalue weighted by molar-refractivity contribution is 0.102. The fourth-order valence-electron chi connectivity index (χ4n) is 1.74. The Morgan fingerprint density at radius 1 is 1.48 bits per heavy atom. The third-order valence-electron chi connectivity index (χ3n) is 2.86. The number of hydrogen-bond donors (Lipinski definition) is 1. The van der Waals surface area contributed by atoms with E-state index in [2.05, 4.69) is 25.8 Å². The highest BCUT2D eigenvalue weighted by atomic mass is 32.1. The third-order valence-corrected chi connectivity index (χ3v) is 3.54. The van der Waals surface area contributed by atoms with E-state index in [9.17, 15) is 4.79 Å². The molecule has 9 heteroatoms. The van der Waals surface area contributed by atoms with E-state index in [1.165, 1.54) is 11.3 Å². The quantitative estimate of drug-likeness (QED) is 0.786. The molecule has 0 radical (unpaired) electrons. The summed E-state index contributed by atoms with van der Waals surface area (Å²) in [4.78, 5) is 16.1. The summed E-state index contributed by atoms with van der Waals surface area (Å²) >= 11 is 1.46. The molecule has 0 aliphatic carbocycles. The average Bonchev–Trinajstić information content (AvgIpc) is 3.17. The van der Waals surface area contributed by atoms with Gasteiger partial charge in [0.2, 0.25) is 5.89 Å². The molecule has 0 bridgehead atoms.